The van der Waals surface area contributed by atoms with Gasteiger partial charge in [0.05, 0.1) is 11.9 Å². The number of aromatic carboxylic acids is 1. The van der Waals surface area contributed by atoms with Crippen LogP contribution in [0.15, 0.2) is 24.5 Å². The molecule has 1 saturated carbocycles. The van der Waals surface area contributed by atoms with E-state index in [0.717, 1.165) is 29.8 Å². The zero-order valence-electron chi connectivity index (χ0n) is 10.00. The molecule has 18 heavy (non-hydrogen) atoms. The van der Waals surface area contributed by atoms with Crippen LogP contribution in [0.5, 0.6) is 0 Å². The highest BCUT2D eigenvalue weighted by Gasteiger charge is 2.29. The first kappa shape index (κ1) is 11.0. The zero-order valence-corrected chi connectivity index (χ0v) is 10.00. The van der Waals surface area contributed by atoms with Crippen LogP contribution in [0, 0.1) is 6.92 Å². The molecular weight excluding hydrogens is 230 g/mol. The molecule has 0 aromatic carbocycles. The number of hydrogen-bond donors (Lipinski definition) is 1. The van der Waals surface area contributed by atoms with E-state index in [9.17, 15) is 4.79 Å². The number of rotatable bonds is 3. The summed E-state index contributed by atoms with van der Waals surface area (Å²) < 4.78 is 1.71. The molecule has 1 aliphatic rings. The Morgan fingerprint density at radius 1 is 1.39 bits per heavy atom. The van der Waals surface area contributed by atoms with Gasteiger partial charge in [-0.3, -0.25) is 4.98 Å². The average molecular weight is 243 g/mol. The fourth-order valence-corrected chi connectivity index (χ4v) is 2.03. The molecule has 92 valence electrons. The van der Waals surface area contributed by atoms with Crippen LogP contribution in [-0.4, -0.2) is 25.8 Å². The fraction of sp³-hybridized carbons (Fsp3) is 0.308. The Bertz CT molecular complexity index is 614. The molecular formula is C13H13N3O2. The van der Waals surface area contributed by atoms with Gasteiger partial charge in [-0.2, -0.15) is 5.10 Å². The number of aromatic nitrogens is 3. The van der Waals surface area contributed by atoms with E-state index in [1.54, 1.807) is 23.1 Å². The maximum Gasteiger partial charge on any atom is 0.356 e. The van der Waals surface area contributed by atoms with Crippen molar-refractivity contribution in [2.75, 3.05) is 0 Å². The van der Waals surface area contributed by atoms with E-state index in [1.165, 1.54) is 0 Å². The first-order valence-electron chi connectivity index (χ1n) is 5.90. The lowest BCUT2D eigenvalue weighted by Gasteiger charge is -2.06. The molecule has 5 heteroatoms. The highest BCUT2D eigenvalue weighted by Crippen LogP contribution is 2.41. The van der Waals surface area contributed by atoms with Crippen molar-refractivity contribution in [3.63, 3.8) is 0 Å². The molecule has 2 aromatic rings. The standard InChI is InChI=1S/C13H13N3O2/c1-8-4-10(7-14-6-8)16-12(9-2-3-9)5-11(15-16)13(17)18/h4-7,9H,2-3H2,1H3,(H,17,18). The molecule has 0 radical (unpaired) electrons. The number of nitrogens with zero attached hydrogens (tertiary/aromatic N) is 3. The molecule has 5 nitrogen and oxygen atoms in total. The molecule has 1 N–H and O–H groups in total. The monoisotopic (exact) mass is 243 g/mol. The minimum atomic E-state index is -0.990. The third-order valence-electron chi connectivity index (χ3n) is 3.06. The lowest BCUT2D eigenvalue weighted by atomic mass is 10.2. The SMILES string of the molecule is Cc1cncc(-n2nc(C(=O)O)cc2C2CC2)c1. The highest BCUT2D eigenvalue weighted by molar-refractivity contribution is 5.85. The lowest BCUT2D eigenvalue weighted by molar-refractivity contribution is 0.0690. The second kappa shape index (κ2) is 3.94. The predicted octanol–water partition coefficient (Wildman–Crippen LogP) is 2.15. The maximum atomic E-state index is 11.0. The van der Waals surface area contributed by atoms with Crippen molar-refractivity contribution in [3.05, 3.63) is 41.5 Å². The molecule has 0 spiro atoms. The van der Waals surface area contributed by atoms with Gasteiger partial charge in [0, 0.05) is 17.8 Å². The second-order valence-electron chi connectivity index (χ2n) is 4.67. The summed E-state index contributed by atoms with van der Waals surface area (Å²) in [5.41, 5.74) is 2.92. The Hall–Kier alpha value is -2.17. The first-order chi connectivity index (χ1) is 8.65. The first-order valence-corrected chi connectivity index (χ1v) is 5.90. The average Bonchev–Trinajstić information content (AvgIpc) is 3.07. The smallest absolute Gasteiger partial charge is 0.356 e. The van der Waals surface area contributed by atoms with Gasteiger partial charge in [-0.25, -0.2) is 9.48 Å². The second-order valence-corrected chi connectivity index (χ2v) is 4.67. The number of pyridine rings is 1. The van der Waals surface area contributed by atoms with Crippen molar-refractivity contribution >= 4 is 5.97 Å². The molecule has 1 fully saturated rings. The molecule has 3 rings (SSSR count). The number of aryl methyl sites for hydroxylation is 1. The zero-order chi connectivity index (χ0) is 12.7. The summed E-state index contributed by atoms with van der Waals surface area (Å²) in [6.45, 7) is 1.95. The van der Waals surface area contributed by atoms with Crippen LogP contribution in [0.3, 0.4) is 0 Å². The van der Waals surface area contributed by atoms with Crippen LogP contribution in [0.4, 0.5) is 0 Å². The third kappa shape index (κ3) is 1.88. The van der Waals surface area contributed by atoms with Crippen LogP contribution in [0.2, 0.25) is 0 Å². The normalized spacial score (nSPS) is 14.7. The van der Waals surface area contributed by atoms with E-state index in [2.05, 4.69) is 10.1 Å². The molecule has 0 saturated heterocycles. The molecule has 0 amide bonds. The summed E-state index contributed by atoms with van der Waals surface area (Å²) in [6.07, 6.45) is 5.67. The molecule has 2 aromatic heterocycles. The Balaban J connectivity index is 2.12. The van der Waals surface area contributed by atoms with E-state index in [-0.39, 0.29) is 5.69 Å². The molecule has 0 unspecified atom stereocenters. The Kier molecular flexibility index (Phi) is 2.40. The topological polar surface area (TPSA) is 68.0 Å². The van der Waals surface area contributed by atoms with Crippen molar-refractivity contribution in [2.24, 2.45) is 0 Å². The van der Waals surface area contributed by atoms with Gasteiger partial charge in [-0.1, -0.05) is 0 Å². The molecule has 1 aliphatic carbocycles. The molecule has 0 atom stereocenters. The van der Waals surface area contributed by atoms with E-state index in [0.29, 0.717) is 5.92 Å². The fourth-order valence-electron chi connectivity index (χ4n) is 2.03. The van der Waals surface area contributed by atoms with Gasteiger partial charge >= 0.3 is 5.97 Å². The maximum absolute atomic E-state index is 11.0. The van der Waals surface area contributed by atoms with Gasteiger partial charge < -0.3 is 5.11 Å². The van der Waals surface area contributed by atoms with E-state index >= 15 is 0 Å². The molecule has 0 bridgehead atoms. The van der Waals surface area contributed by atoms with Crippen LogP contribution in [-0.2, 0) is 0 Å². The van der Waals surface area contributed by atoms with Gasteiger partial charge in [0.2, 0.25) is 0 Å². The van der Waals surface area contributed by atoms with Crippen molar-refractivity contribution in [2.45, 2.75) is 25.7 Å². The van der Waals surface area contributed by atoms with Crippen LogP contribution in [0.1, 0.15) is 40.5 Å². The molecule has 2 heterocycles. The number of carboxylic acids is 1. The van der Waals surface area contributed by atoms with Gasteiger partial charge in [0.1, 0.15) is 0 Å². The van der Waals surface area contributed by atoms with E-state index in [4.69, 9.17) is 5.11 Å². The Labute approximate surface area is 104 Å². The summed E-state index contributed by atoms with van der Waals surface area (Å²) in [6, 6.07) is 3.62. The Morgan fingerprint density at radius 3 is 2.78 bits per heavy atom. The van der Waals surface area contributed by atoms with E-state index < -0.39 is 5.97 Å². The molecule has 0 aliphatic heterocycles. The summed E-state index contributed by atoms with van der Waals surface area (Å²) >= 11 is 0. The van der Waals surface area contributed by atoms with Gasteiger partial charge in [0.25, 0.3) is 0 Å². The van der Waals surface area contributed by atoms with Crippen molar-refractivity contribution in [3.8, 4) is 5.69 Å². The quantitative estimate of drug-likeness (QED) is 0.896. The summed E-state index contributed by atoms with van der Waals surface area (Å²) in [4.78, 5) is 15.1. The predicted molar refractivity (Wildman–Crippen MR) is 65.0 cm³/mol. The largest absolute Gasteiger partial charge is 0.476 e. The van der Waals surface area contributed by atoms with Crippen molar-refractivity contribution < 1.29 is 9.90 Å². The van der Waals surface area contributed by atoms with Crippen LogP contribution in [0.25, 0.3) is 5.69 Å². The van der Waals surface area contributed by atoms with Crippen LogP contribution < -0.4 is 0 Å². The van der Waals surface area contributed by atoms with Gasteiger partial charge in [0.15, 0.2) is 5.69 Å². The highest BCUT2D eigenvalue weighted by atomic mass is 16.4. The van der Waals surface area contributed by atoms with Crippen molar-refractivity contribution in [1.82, 2.24) is 14.8 Å². The Morgan fingerprint density at radius 2 is 2.17 bits per heavy atom. The number of carboxylic acid groups (broad SMARTS) is 1. The minimum absolute atomic E-state index is 0.0957. The van der Waals surface area contributed by atoms with Crippen LogP contribution >= 0.6 is 0 Å². The number of hydrogen-bond acceptors (Lipinski definition) is 3. The van der Waals surface area contributed by atoms with Gasteiger partial charge in [-0.05, 0) is 37.5 Å². The lowest BCUT2D eigenvalue weighted by Crippen LogP contribution is -2.04. The summed E-state index contributed by atoms with van der Waals surface area (Å²) in [5, 5.41) is 13.2. The summed E-state index contributed by atoms with van der Waals surface area (Å²) in [5.74, 6) is -0.553. The minimum Gasteiger partial charge on any atom is -0.476 e. The van der Waals surface area contributed by atoms with Gasteiger partial charge in [-0.15, -0.1) is 0 Å². The third-order valence-corrected chi connectivity index (χ3v) is 3.06. The number of carbonyl (C=O) groups is 1. The summed E-state index contributed by atoms with van der Waals surface area (Å²) in [7, 11) is 0. The van der Waals surface area contributed by atoms with Crippen molar-refractivity contribution in [1.29, 1.82) is 0 Å². The van der Waals surface area contributed by atoms with E-state index in [1.807, 2.05) is 13.0 Å².